The normalized spacial score (nSPS) is 14.8. The lowest BCUT2D eigenvalue weighted by atomic mass is 10.1. The fourth-order valence-corrected chi connectivity index (χ4v) is 7.01. The molecule has 3 amide bonds. The van der Waals surface area contributed by atoms with Gasteiger partial charge in [-0.25, -0.2) is 14.4 Å². The van der Waals surface area contributed by atoms with Crippen molar-refractivity contribution in [1.82, 2.24) is 30.7 Å². The summed E-state index contributed by atoms with van der Waals surface area (Å²) in [6.45, 7) is 23.1. The second kappa shape index (κ2) is 22.9. The molecule has 15 nitrogen and oxygen atoms in total. The molecule has 0 atom stereocenters. The minimum Gasteiger partial charge on any atom is -0.508 e. The molecular formula is C48H72N6O9. The van der Waals surface area contributed by atoms with Gasteiger partial charge in [0.05, 0.1) is 0 Å². The van der Waals surface area contributed by atoms with Gasteiger partial charge in [-0.1, -0.05) is 36.4 Å². The Bertz CT molecular complexity index is 1740. The van der Waals surface area contributed by atoms with Crippen molar-refractivity contribution < 1.29 is 43.9 Å². The van der Waals surface area contributed by atoms with Crippen LogP contribution in [0, 0.1) is 0 Å². The molecule has 0 aromatic heterocycles. The number of carbonyl (C=O) groups excluding carboxylic acids is 3. The first kappa shape index (κ1) is 50.4. The van der Waals surface area contributed by atoms with Crippen LogP contribution >= 0.6 is 0 Å². The molecule has 1 saturated heterocycles. The number of ether oxygens (including phenoxy) is 3. The van der Waals surface area contributed by atoms with Crippen LogP contribution in [0.4, 0.5) is 14.4 Å². The number of alkyl carbamates (subject to hydrolysis) is 3. The lowest BCUT2D eigenvalue weighted by molar-refractivity contribution is 0.0517. The van der Waals surface area contributed by atoms with Gasteiger partial charge in [0.15, 0.2) is 0 Å². The molecule has 1 aliphatic heterocycles. The quantitative estimate of drug-likeness (QED) is 0.0877. The third-order valence-electron chi connectivity index (χ3n) is 10.1. The summed E-state index contributed by atoms with van der Waals surface area (Å²) in [6, 6.07) is 16.6. The number of hydrogen-bond donors (Lipinski definition) is 6. The Kier molecular flexibility index (Phi) is 18.3. The molecule has 348 valence electrons. The zero-order valence-electron chi connectivity index (χ0n) is 38.9. The van der Waals surface area contributed by atoms with Gasteiger partial charge >= 0.3 is 18.3 Å². The number of nitrogens with zero attached hydrogens (tertiary/aromatic N) is 3. The second-order valence-corrected chi connectivity index (χ2v) is 19.3. The van der Waals surface area contributed by atoms with E-state index >= 15 is 0 Å². The zero-order valence-corrected chi connectivity index (χ0v) is 38.9. The van der Waals surface area contributed by atoms with Crippen molar-refractivity contribution in [3.63, 3.8) is 0 Å². The van der Waals surface area contributed by atoms with Gasteiger partial charge in [-0.2, -0.15) is 0 Å². The first-order valence-electron chi connectivity index (χ1n) is 22.0. The van der Waals surface area contributed by atoms with E-state index < -0.39 is 35.1 Å². The third kappa shape index (κ3) is 19.4. The zero-order chi connectivity index (χ0) is 46.4. The van der Waals surface area contributed by atoms with Crippen molar-refractivity contribution in [1.29, 1.82) is 0 Å². The molecular weight excluding hydrogens is 805 g/mol. The highest BCUT2D eigenvalue weighted by molar-refractivity contribution is 5.68. The highest BCUT2D eigenvalue weighted by Crippen LogP contribution is 2.25. The van der Waals surface area contributed by atoms with Gasteiger partial charge < -0.3 is 45.5 Å². The standard InChI is InChI=1S/C48H72N6O9/c1-46(2,3)61-43(58)49-19-16-34-10-13-40(55)37(28-34)31-52-22-24-53(32-38-29-35(11-14-41(38)56)17-20-50-44(59)62-47(4,5)6)26-27-54(25-23-52)33-39-30-36(12-15-42(39)57)18-21-51-45(60)63-48(7,8)9/h10-15,28-30,55-57H,16-27,31-33H2,1-9H3,(H,49,58)(H,50,59)(H,51,60). The Morgan fingerprint density at radius 1 is 0.460 bits per heavy atom. The van der Waals surface area contributed by atoms with E-state index in [1.165, 1.54) is 0 Å². The molecule has 6 N–H and O–H groups in total. The molecule has 4 rings (SSSR count). The lowest BCUT2D eigenvalue weighted by Gasteiger charge is -2.26. The number of rotatable bonds is 15. The minimum atomic E-state index is -0.592. The highest BCUT2D eigenvalue weighted by Gasteiger charge is 2.22. The predicted octanol–water partition coefficient (Wildman–Crippen LogP) is 6.83. The number of benzene rings is 3. The van der Waals surface area contributed by atoms with Crippen LogP contribution in [0.3, 0.4) is 0 Å². The Hall–Kier alpha value is -5.25. The largest absolute Gasteiger partial charge is 0.508 e. The van der Waals surface area contributed by atoms with E-state index in [9.17, 15) is 29.7 Å². The molecule has 0 radical (unpaired) electrons. The van der Waals surface area contributed by atoms with E-state index in [4.69, 9.17) is 14.2 Å². The Morgan fingerprint density at radius 3 is 0.921 bits per heavy atom. The van der Waals surface area contributed by atoms with Crippen LogP contribution < -0.4 is 16.0 Å². The monoisotopic (exact) mass is 877 g/mol. The Balaban J connectivity index is 1.50. The van der Waals surface area contributed by atoms with Gasteiger partial charge in [0.2, 0.25) is 0 Å². The molecule has 3 aromatic rings. The van der Waals surface area contributed by atoms with Crippen LogP contribution in [-0.4, -0.2) is 124 Å². The molecule has 63 heavy (non-hydrogen) atoms. The molecule has 15 heteroatoms. The van der Waals surface area contributed by atoms with E-state index in [2.05, 4.69) is 30.7 Å². The fourth-order valence-electron chi connectivity index (χ4n) is 7.01. The van der Waals surface area contributed by atoms with Gasteiger partial charge in [0, 0.05) is 95.2 Å². The molecule has 0 unspecified atom stereocenters. The molecule has 1 fully saturated rings. The molecule has 0 saturated carbocycles. The van der Waals surface area contributed by atoms with Crippen LogP contribution in [-0.2, 0) is 53.1 Å². The van der Waals surface area contributed by atoms with Crippen LogP contribution in [0.1, 0.15) is 95.7 Å². The van der Waals surface area contributed by atoms with Gasteiger partial charge in [0.25, 0.3) is 0 Å². The Morgan fingerprint density at radius 2 is 0.698 bits per heavy atom. The average molecular weight is 877 g/mol. The van der Waals surface area contributed by atoms with Crippen molar-refractivity contribution in [3.05, 3.63) is 88.0 Å². The summed E-state index contributed by atoms with van der Waals surface area (Å²) in [7, 11) is 0. The van der Waals surface area contributed by atoms with Crippen molar-refractivity contribution in [2.75, 3.05) is 58.9 Å². The number of carbonyl (C=O) groups is 3. The summed E-state index contributed by atoms with van der Waals surface area (Å²) in [6.07, 6.45) is 0.266. The predicted molar refractivity (Wildman–Crippen MR) is 244 cm³/mol. The maximum atomic E-state index is 12.2. The first-order valence-corrected chi connectivity index (χ1v) is 22.0. The summed E-state index contributed by atoms with van der Waals surface area (Å²) in [5, 5.41) is 41.5. The second-order valence-electron chi connectivity index (χ2n) is 19.3. The maximum absolute atomic E-state index is 12.2. The fraction of sp³-hybridized carbons (Fsp3) is 0.562. The highest BCUT2D eigenvalue weighted by atomic mass is 16.6. The average Bonchev–Trinajstić information content (AvgIpc) is 3.24. The van der Waals surface area contributed by atoms with E-state index in [0.29, 0.717) is 97.8 Å². The number of phenolic OH excluding ortho intramolecular Hbond substituents is 3. The summed E-state index contributed by atoms with van der Waals surface area (Å²) < 4.78 is 16.1. The number of hydrogen-bond acceptors (Lipinski definition) is 12. The molecule has 3 aromatic carbocycles. The minimum absolute atomic E-state index is 0.193. The maximum Gasteiger partial charge on any atom is 0.407 e. The summed E-state index contributed by atoms with van der Waals surface area (Å²) in [4.78, 5) is 43.6. The van der Waals surface area contributed by atoms with E-state index in [1.807, 2.05) is 98.7 Å². The summed E-state index contributed by atoms with van der Waals surface area (Å²) in [5.41, 5.74) is 3.47. The van der Waals surface area contributed by atoms with Gasteiger partial charge in [-0.15, -0.1) is 0 Å². The number of aromatic hydroxyl groups is 3. The van der Waals surface area contributed by atoms with Crippen LogP contribution in [0.25, 0.3) is 0 Å². The molecule has 1 heterocycles. The Labute approximate surface area is 374 Å². The topological polar surface area (TPSA) is 185 Å². The van der Waals surface area contributed by atoms with E-state index in [0.717, 1.165) is 33.4 Å². The molecule has 0 spiro atoms. The van der Waals surface area contributed by atoms with Gasteiger partial charge in [-0.3, -0.25) is 14.7 Å². The van der Waals surface area contributed by atoms with Crippen molar-refractivity contribution in [3.8, 4) is 17.2 Å². The SMILES string of the molecule is CC(C)(C)OC(=O)NCCc1ccc(O)c(CN2CCN(Cc3cc(CCNC(=O)OC(C)(C)C)ccc3O)CCN(Cc3cc(CCNC(=O)OC(C)(C)C)ccc3O)CC2)c1. The third-order valence-corrected chi connectivity index (χ3v) is 10.1. The molecule has 0 bridgehead atoms. The van der Waals surface area contributed by atoms with Crippen molar-refractivity contribution >= 4 is 18.3 Å². The number of amides is 3. The number of phenols is 3. The van der Waals surface area contributed by atoms with Crippen molar-refractivity contribution in [2.24, 2.45) is 0 Å². The summed E-state index contributed by atoms with van der Waals surface area (Å²) >= 11 is 0. The van der Waals surface area contributed by atoms with Gasteiger partial charge in [-0.05, 0) is 116 Å². The summed E-state index contributed by atoms with van der Waals surface area (Å²) in [5.74, 6) is 0.578. The van der Waals surface area contributed by atoms with Crippen LogP contribution in [0.5, 0.6) is 17.2 Å². The van der Waals surface area contributed by atoms with E-state index in [-0.39, 0.29) is 17.2 Å². The first-order chi connectivity index (χ1) is 29.5. The molecule has 1 aliphatic rings. The number of nitrogens with one attached hydrogen (secondary N) is 3. The van der Waals surface area contributed by atoms with Crippen LogP contribution in [0.2, 0.25) is 0 Å². The smallest absolute Gasteiger partial charge is 0.407 e. The lowest BCUT2D eigenvalue weighted by Crippen LogP contribution is -2.35. The van der Waals surface area contributed by atoms with E-state index in [1.54, 1.807) is 18.2 Å². The van der Waals surface area contributed by atoms with Crippen LogP contribution in [0.15, 0.2) is 54.6 Å². The van der Waals surface area contributed by atoms with Crippen molar-refractivity contribution in [2.45, 2.75) is 118 Å². The molecule has 0 aliphatic carbocycles. The van der Waals surface area contributed by atoms with Gasteiger partial charge in [0.1, 0.15) is 34.1 Å².